The highest BCUT2D eigenvalue weighted by Crippen LogP contribution is 2.49. The average molecular weight is 815 g/mol. The van der Waals surface area contributed by atoms with Crippen molar-refractivity contribution in [1.29, 1.82) is 0 Å². The summed E-state index contributed by atoms with van der Waals surface area (Å²) in [5.74, 6) is 0. The van der Waals surface area contributed by atoms with Crippen LogP contribution in [0.5, 0.6) is 0 Å². The topological polar surface area (TPSA) is 9.86 Å². The predicted octanol–water partition coefficient (Wildman–Crippen LogP) is 16.7. The number of benzene rings is 10. The van der Waals surface area contributed by atoms with Crippen molar-refractivity contribution in [2.75, 3.05) is 0 Å². The molecular weight excluding hydrogens is 773 g/mol. The highest BCUT2D eigenvalue weighted by molar-refractivity contribution is 6.24. The van der Waals surface area contributed by atoms with Crippen molar-refractivity contribution in [2.45, 2.75) is 0 Å². The highest BCUT2D eigenvalue weighted by Gasteiger charge is 2.27. The second-order valence-electron chi connectivity index (χ2n) is 16.4. The van der Waals surface area contributed by atoms with Gasteiger partial charge >= 0.3 is 0 Å². The molecule has 12 aromatic rings. The number of hydrogen-bond acceptors (Lipinski definition) is 0. The molecule has 2 nitrogen and oxygen atoms in total. The van der Waals surface area contributed by atoms with E-state index in [1.165, 1.54) is 99.6 Å². The smallest absolute Gasteiger partial charge is 0.0620 e. The lowest BCUT2D eigenvalue weighted by Crippen LogP contribution is -1.99. The molecule has 12 rings (SSSR count). The third-order valence-electron chi connectivity index (χ3n) is 12.7. The zero-order valence-corrected chi connectivity index (χ0v) is 35.1. The van der Waals surface area contributed by atoms with E-state index in [9.17, 15) is 0 Å². The fourth-order valence-corrected chi connectivity index (χ4v) is 9.88. The monoisotopic (exact) mass is 814 g/mol. The molecule has 0 unspecified atom stereocenters. The minimum Gasteiger partial charge on any atom is -0.308 e. The first-order valence-electron chi connectivity index (χ1n) is 22.0. The normalized spacial score (nSPS) is 11.4. The molecule has 0 saturated heterocycles. The van der Waals surface area contributed by atoms with E-state index in [0.29, 0.717) is 0 Å². The van der Waals surface area contributed by atoms with E-state index in [0.717, 1.165) is 11.4 Å². The van der Waals surface area contributed by atoms with Crippen LogP contribution in [-0.2, 0) is 0 Å². The van der Waals surface area contributed by atoms with Gasteiger partial charge in [0.05, 0.1) is 22.4 Å². The summed E-state index contributed by atoms with van der Waals surface area (Å²) in [7, 11) is 0. The molecule has 64 heavy (non-hydrogen) atoms. The van der Waals surface area contributed by atoms with E-state index in [4.69, 9.17) is 0 Å². The fourth-order valence-electron chi connectivity index (χ4n) is 9.88. The minimum atomic E-state index is 1.11. The van der Waals surface area contributed by atoms with Crippen molar-refractivity contribution in [2.24, 2.45) is 0 Å². The molecule has 0 atom stereocenters. The zero-order chi connectivity index (χ0) is 42.4. The van der Waals surface area contributed by atoms with Crippen LogP contribution in [-0.4, -0.2) is 9.13 Å². The van der Waals surface area contributed by atoms with Gasteiger partial charge in [0.15, 0.2) is 0 Å². The Morgan fingerprint density at radius 3 is 0.750 bits per heavy atom. The first kappa shape index (κ1) is 37.3. The maximum atomic E-state index is 2.52. The summed E-state index contributed by atoms with van der Waals surface area (Å²) in [4.78, 5) is 0. The molecule has 10 aromatic carbocycles. The molecule has 0 fully saturated rings. The lowest BCUT2D eigenvalue weighted by molar-refractivity contribution is 1.14. The van der Waals surface area contributed by atoms with Crippen LogP contribution in [0.1, 0.15) is 0 Å². The second kappa shape index (κ2) is 15.8. The Morgan fingerprint density at radius 1 is 0.188 bits per heavy atom. The maximum Gasteiger partial charge on any atom is 0.0620 e. The van der Waals surface area contributed by atoms with Gasteiger partial charge in [-0.15, -0.1) is 0 Å². The summed E-state index contributed by atoms with van der Waals surface area (Å²) >= 11 is 0. The lowest BCUT2D eigenvalue weighted by Gasteiger charge is -2.16. The van der Waals surface area contributed by atoms with Gasteiger partial charge in [0.1, 0.15) is 0 Å². The quantitative estimate of drug-likeness (QED) is 0.145. The third-order valence-corrected chi connectivity index (χ3v) is 12.7. The Morgan fingerprint density at radius 2 is 0.438 bits per heavy atom. The van der Waals surface area contributed by atoms with Gasteiger partial charge in [-0.25, -0.2) is 0 Å². The molecule has 2 aromatic heterocycles. The maximum absolute atomic E-state index is 2.52. The van der Waals surface area contributed by atoms with E-state index in [2.05, 4.69) is 264 Å². The molecule has 0 aliphatic rings. The van der Waals surface area contributed by atoms with Crippen LogP contribution in [0.25, 0.3) is 111 Å². The Bertz CT molecular complexity index is 3330. The molecule has 0 aliphatic carbocycles. The predicted molar refractivity (Wildman–Crippen MR) is 270 cm³/mol. The van der Waals surface area contributed by atoms with Crippen LogP contribution in [0.4, 0.5) is 0 Å². The van der Waals surface area contributed by atoms with Gasteiger partial charge in [0.2, 0.25) is 0 Å². The third kappa shape index (κ3) is 6.27. The lowest BCUT2D eigenvalue weighted by atomic mass is 9.95. The van der Waals surface area contributed by atoms with Gasteiger partial charge in [-0.2, -0.15) is 0 Å². The van der Waals surface area contributed by atoms with Gasteiger partial charge in [-0.05, 0) is 68.8 Å². The van der Waals surface area contributed by atoms with Gasteiger partial charge in [0, 0.05) is 44.0 Å². The van der Waals surface area contributed by atoms with Gasteiger partial charge in [0.25, 0.3) is 0 Å². The summed E-state index contributed by atoms with van der Waals surface area (Å²) in [6.45, 7) is 0. The number of hydrogen-bond donors (Lipinski definition) is 0. The summed E-state index contributed by atoms with van der Waals surface area (Å²) in [6, 6.07) is 92.6. The largest absolute Gasteiger partial charge is 0.308 e. The Labute approximate surface area is 373 Å². The Balaban J connectivity index is 1.23. The van der Waals surface area contributed by atoms with Gasteiger partial charge in [-0.3, -0.25) is 0 Å². The first-order chi connectivity index (χ1) is 31.8. The van der Waals surface area contributed by atoms with E-state index in [1.54, 1.807) is 0 Å². The molecule has 0 radical (unpaired) electrons. The van der Waals surface area contributed by atoms with E-state index in [1.807, 2.05) is 0 Å². The summed E-state index contributed by atoms with van der Waals surface area (Å²) in [5.41, 5.74) is 18.8. The number of aromatic nitrogens is 2. The molecule has 2 heteroatoms. The van der Waals surface area contributed by atoms with Crippen LogP contribution in [0.2, 0.25) is 0 Å². The van der Waals surface area contributed by atoms with Crippen LogP contribution < -0.4 is 0 Å². The Kier molecular flexibility index (Phi) is 9.20. The van der Waals surface area contributed by atoms with E-state index >= 15 is 0 Å². The van der Waals surface area contributed by atoms with Gasteiger partial charge in [-0.1, -0.05) is 231 Å². The summed E-state index contributed by atoms with van der Waals surface area (Å²) < 4.78 is 5.04. The molecule has 0 spiro atoms. The molecule has 0 N–H and O–H groups in total. The number of fused-ring (bicyclic) bond motifs is 5. The molecule has 300 valence electrons. The second-order valence-corrected chi connectivity index (χ2v) is 16.4. The van der Waals surface area contributed by atoms with E-state index < -0.39 is 0 Å². The molecule has 0 bridgehead atoms. The molecule has 0 amide bonds. The number of nitrogens with zero attached hydrogens (tertiary/aromatic N) is 2. The van der Waals surface area contributed by atoms with Crippen LogP contribution in [0.15, 0.2) is 255 Å². The van der Waals surface area contributed by atoms with Gasteiger partial charge < -0.3 is 9.13 Å². The van der Waals surface area contributed by atoms with Crippen LogP contribution >= 0.6 is 0 Å². The number of rotatable bonds is 8. The van der Waals surface area contributed by atoms with E-state index in [-0.39, 0.29) is 0 Å². The zero-order valence-electron chi connectivity index (χ0n) is 35.1. The summed E-state index contributed by atoms with van der Waals surface area (Å²) in [6.07, 6.45) is 0. The Hall–Kier alpha value is -8.46. The SMILES string of the molecule is c1ccc(-c2ccc(-n3c(-c4ccccc4)c(-c4ccccc4)c4ccc5c(ccc6c(-c7ccccc7)c(-c7ccccc7)n(-c7ccc(-c8ccccc8)cc7)c65)c43)cc2)cc1. The highest BCUT2D eigenvalue weighted by atomic mass is 15.0. The van der Waals surface area contributed by atoms with Crippen molar-refractivity contribution >= 4 is 32.6 Å². The molecule has 0 saturated carbocycles. The minimum absolute atomic E-state index is 1.11. The van der Waals surface area contributed by atoms with Crippen molar-refractivity contribution in [3.63, 3.8) is 0 Å². The molecule has 2 heterocycles. The standard InChI is InChI=1S/C62H42N2/c1-7-19-43(20-8-1)45-31-35-51(36-32-45)63-59(49-27-15-5-16-28-49)57(47-23-11-3-12-24-47)55-41-40-54-53(61(55)63)39-42-56-58(48-25-13-4-14-26-48)60(50-29-17-6-18-30-50)64(62(54)56)52-37-33-46(34-38-52)44-21-9-2-10-22-44/h1-42H. The average Bonchev–Trinajstić information content (AvgIpc) is 3.93. The van der Waals surface area contributed by atoms with Crippen molar-refractivity contribution in [3.05, 3.63) is 255 Å². The van der Waals surface area contributed by atoms with Crippen LogP contribution in [0.3, 0.4) is 0 Å². The van der Waals surface area contributed by atoms with Crippen LogP contribution in [0, 0.1) is 0 Å². The van der Waals surface area contributed by atoms with Crippen molar-refractivity contribution < 1.29 is 0 Å². The summed E-state index contributed by atoms with van der Waals surface area (Å²) in [5, 5.41) is 4.80. The molecular formula is C62H42N2. The van der Waals surface area contributed by atoms with Crippen molar-refractivity contribution in [3.8, 4) is 78.4 Å². The van der Waals surface area contributed by atoms with Crippen molar-refractivity contribution in [1.82, 2.24) is 9.13 Å². The first-order valence-corrected chi connectivity index (χ1v) is 22.0. The fraction of sp³-hybridized carbons (Fsp3) is 0. The molecule has 0 aliphatic heterocycles.